The Hall–Kier alpha value is -1.84. The van der Waals surface area contributed by atoms with Crippen molar-refractivity contribution in [2.24, 2.45) is 15.9 Å². The van der Waals surface area contributed by atoms with Gasteiger partial charge in [-0.1, -0.05) is 18.9 Å². The van der Waals surface area contributed by atoms with Crippen LogP contribution in [0.3, 0.4) is 0 Å². The van der Waals surface area contributed by atoms with Crippen LogP contribution in [0.1, 0.15) is 44.9 Å². The minimum atomic E-state index is -3.68. The highest BCUT2D eigenvalue weighted by molar-refractivity contribution is 7.88. The third-order valence-electron chi connectivity index (χ3n) is 5.10. The number of Topliss-reactive ketones (excluding diaryl/α,β-unsaturated/α-hetero) is 1. The molecular formula is C18H28ClN5O3S. The first-order valence-corrected chi connectivity index (χ1v) is 10.9. The van der Waals surface area contributed by atoms with Gasteiger partial charge in [-0.2, -0.15) is 13.1 Å². The van der Waals surface area contributed by atoms with E-state index < -0.39 is 16.2 Å². The van der Waals surface area contributed by atoms with E-state index in [9.17, 15) is 13.2 Å². The highest BCUT2D eigenvalue weighted by atomic mass is 35.5. The summed E-state index contributed by atoms with van der Waals surface area (Å²) < 4.78 is 27.8. The maximum Gasteiger partial charge on any atom is 0.323 e. The molecule has 2 bridgehead atoms. The topological polar surface area (TPSA) is 131 Å². The van der Waals surface area contributed by atoms with Crippen LogP contribution in [-0.4, -0.2) is 44.2 Å². The van der Waals surface area contributed by atoms with Crippen LogP contribution < -0.4 is 16.2 Å². The van der Waals surface area contributed by atoms with Crippen molar-refractivity contribution in [2.45, 2.75) is 51.0 Å². The lowest BCUT2D eigenvalue weighted by Crippen LogP contribution is -2.34. The van der Waals surface area contributed by atoms with Gasteiger partial charge in [0.25, 0.3) is 0 Å². The molecule has 5 N–H and O–H groups in total. The van der Waals surface area contributed by atoms with Crippen LogP contribution in [0.25, 0.3) is 0 Å². The van der Waals surface area contributed by atoms with Gasteiger partial charge in [0.15, 0.2) is 5.78 Å². The Morgan fingerprint density at radius 2 is 1.71 bits per heavy atom. The van der Waals surface area contributed by atoms with Crippen molar-refractivity contribution >= 4 is 34.4 Å². The van der Waals surface area contributed by atoms with E-state index >= 15 is 0 Å². The first kappa shape index (κ1) is 22.4. The molecular weight excluding hydrogens is 402 g/mol. The number of piperidine rings is 1. The Kier molecular flexibility index (Phi) is 7.68. The van der Waals surface area contributed by atoms with E-state index in [4.69, 9.17) is 11.5 Å². The van der Waals surface area contributed by atoms with E-state index in [1.807, 2.05) is 18.2 Å². The summed E-state index contributed by atoms with van der Waals surface area (Å²) in [5.41, 5.74) is 12.9. The Morgan fingerprint density at radius 3 is 2.21 bits per heavy atom. The minimum Gasteiger partial charge on any atom is -0.371 e. The average molecular weight is 430 g/mol. The number of hydrogen-bond acceptors (Lipinski definition) is 4. The average Bonchev–Trinajstić information content (AvgIpc) is 3.32. The molecule has 10 heteroatoms. The van der Waals surface area contributed by atoms with Gasteiger partial charge in [-0.05, 0) is 44.3 Å². The van der Waals surface area contributed by atoms with E-state index in [0.717, 1.165) is 49.9 Å². The largest absolute Gasteiger partial charge is 0.371 e. The van der Waals surface area contributed by atoms with Gasteiger partial charge in [-0.25, -0.2) is 0 Å². The molecule has 0 aromatic carbocycles. The zero-order valence-corrected chi connectivity index (χ0v) is 17.4. The molecule has 1 saturated heterocycles. The number of hydrogen-bond donors (Lipinski definition) is 3. The van der Waals surface area contributed by atoms with Gasteiger partial charge in [-0.15, -0.1) is 16.8 Å². The molecule has 0 aromatic heterocycles. The van der Waals surface area contributed by atoms with E-state index in [1.54, 1.807) is 0 Å². The van der Waals surface area contributed by atoms with Crippen LogP contribution >= 0.6 is 12.4 Å². The first-order valence-electron chi connectivity index (χ1n) is 9.42. The molecule has 0 unspecified atom stereocenters. The van der Waals surface area contributed by atoms with Crippen molar-refractivity contribution in [1.82, 2.24) is 9.62 Å². The molecule has 1 aliphatic heterocycles. The fraction of sp³-hybridized carbons (Fsp3) is 0.556. The van der Waals surface area contributed by atoms with Gasteiger partial charge in [-0.3, -0.25) is 4.79 Å². The predicted octanol–water partition coefficient (Wildman–Crippen LogP) is 1.26. The maximum absolute atomic E-state index is 11.6. The summed E-state index contributed by atoms with van der Waals surface area (Å²) in [4.78, 5) is 14.0. The Labute approximate surface area is 172 Å². The Bertz CT molecular complexity index is 816. The summed E-state index contributed by atoms with van der Waals surface area (Å²) in [6, 6.07) is -0.00639. The number of guanidine groups is 1. The number of allylic oxidation sites excluding steroid dienone is 5. The summed E-state index contributed by atoms with van der Waals surface area (Å²) in [7, 11) is -3.68. The number of nitrogens with one attached hydrogen (secondary N) is 1. The van der Waals surface area contributed by atoms with E-state index in [-0.39, 0.29) is 24.2 Å². The number of nitrogens with two attached hydrogens (primary N) is 2. The van der Waals surface area contributed by atoms with Gasteiger partial charge in [0, 0.05) is 36.0 Å². The SMILES string of the molecule is Cl.NC(N)=NS(=O)(=O)NC1CCCC1.O=C1C2=CC(N3CCCCC3)=C1C=C2. The highest BCUT2D eigenvalue weighted by Gasteiger charge is 2.30. The number of halogens is 1. The molecule has 2 fully saturated rings. The molecule has 156 valence electrons. The molecule has 1 heterocycles. The minimum absolute atomic E-state index is 0. The van der Waals surface area contributed by atoms with Crippen LogP contribution in [0.4, 0.5) is 0 Å². The summed E-state index contributed by atoms with van der Waals surface area (Å²) >= 11 is 0. The number of fused-ring (bicyclic) bond motifs is 2. The first-order chi connectivity index (χ1) is 12.9. The fourth-order valence-corrected chi connectivity index (χ4v) is 4.82. The number of carbonyl (C=O) groups excluding carboxylic acids is 1. The Balaban J connectivity index is 0.000000194. The molecule has 8 nitrogen and oxygen atoms in total. The second-order valence-electron chi connectivity index (χ2n) is 7.20. The second kappa shape index (κ2) is 9.58. The van der Waals surface area contributed by atoms with Crippen LogP contribution in [0.2, 0.25) is 0 Å². The van der Waals surface area contributed by atoms with E-state index in [1.165, 1.54) is 25.0 Å². The lowest BCUT2D eigenvalue weighted by molar-refractivity contribution is -0.111. The standard InChI is InChI=1S/C12H13NO.C6H14N4O2S.ClH/c14-12-9-4-5-10(12)11(8-9)13-6-2-1-3-7-13;7-6(8)10-13(11,12)9-5-3-1-2-4-5;/h4-5,8H,1-3,6-7H2;5,9H,1-4H2,(H4,7,8,10);1H. The van der Waals surface area contributed by atoms with Gasteiger partial charge in [0.2, 0.25) is 5.96 Å². The number of nitrogens with zero attached hydrogens (tertiary/aromatic N) is 2. The molecule has 0 radical (unpaired) electrons. The summed E-state index contributed by atoms with van der Waals surface area (Å²) in [5, 5.41) is 0. The van der Waals surface area contributed by atoms with Crippen molar-refractivity contribution in [2.75, 3.05) is 13.1 Å². The Morgan fingerprint density at radius 1 is 1.07 bits per heavy atom. The maximum atomic E-state index is 11.6. The number of carbonyl (C=O) groups is 1. The predicted molar refractivity (Wildman–Crippen MR) is 112 cm³/mol. The van der Waals surface area contributed by atoms with Gasteiger partial charge in [0.05, 0.1) is 0 Å². The van der Waals surface area contributed by atoms with Crippen molar-refractivity contribution in [3.63, 3.8) is 0 Å². The fourth-order valence-electron chi connectivity index (χ4n) is 3.84. The zero-order valence-electron chi connectivity index (χ0n) is 15.8. The molecule has 4 aliphatic rings. The summed E-state index contributed by atoms with van der Waals surface area (Å²) in [5.74, 6) is -0.212. The van der Waals surface area contributed by atoms with Crippen molar-refractivity contribution in [3.05, 3.63) is 35.1 Å². The third-order valence-corrected chi connectivity index (χ3v) is 6.18. The molecule has 1 saturated carbocycles. The summed E-state index contributed by atoms with van der Waals surface area (Å²) in [6.45, 7) is 2.23. The molecule has 4 rings (SSSR count). The number of likely N-dealkylation sites (tertiary alicyclic amines) is 1. The van der Waals surface area contributed by atoms with Crippen molar-refractivity contribution in [3.8, 4) is 0 Å². The van der Waals surface area contributed by atoms with E-state index in [0.29, 0.717) is 0 Å². The van der Waals surface area contributed by atoms with Crippen LogP contribution in [0, 0.1) is 0 Å². The highest BCUT2D eigenvalue weighted by Crippen LogP contribution is 2.33. The van der Waals surface area contributed by atoms with Gasteiger partial charge < -0.3 is 16.4 Å². The molecule has 0 aromatic rings. The summed E-state index contributed by atoms with van der Waals surface area (Å²) in [6.07, 6.45) is 13.6. The van der Waals surface area contributed by atoms with Crippen LogP contribution in [-0.2, 0) is 15.0 Å². The molecule has 0 spiro atoms. The monoisotopic (exact) mass is 429 g/mol. The second-order valence-corrected chi connectivity index (χ2v) is 8.57. The molecule has 0 atom stereocenters. The smallest absolute Gasteiger partial charge is 0.323 e. The number of ketones is 1. The lowest BCUT2D eigenvalue weighted by Gasteiger charge is -2.29. The van der Waals surface area contributed by atoms with E-state index in [2.05, 4.69) is 14.0 Å². The number of rotatable bonds is 4. The van der Waals surface area contributed by atoms with Crippen molar-refractivity contribution < 1.29 is 13.2 Å². The lowest BCUT2D eigenvalue weighted by atomic mass is 10.1. The van der Waals surface area contributed by atoms with Crippen LogP contribution in [0.5, 0.6) is 0 Å². The normalized spacial score (nSPS) is 21.2. The van der Waals surface area contributed by atoms with Crippen LogP contribution in [0.15, 0.2) is 39.5 Å². The third kappa shape index (κ3) is 5.59. The molecule has 3 aliphatic carbocycles. The molecule has 0 amide bonds. The zero-order chi connectivity index (χ0) is 19.4. The van der Waals surface area contributed by atoms with Gasteiger partial charge >= 0.3 is 10.2 Å². The quantitative estimate of drug-likeness (QED) is 0.455. The van der Waals surface area contributed by atoms with Gasteiger partial charge in [0.1, 0.15) is 0 Å². The van der Waals surface area contributed by atoms with Crippen molar-refractivity contribution in [1.29, 1.82) is 0 Å². The molecule has 28 heavy (non-hydrogen) atoms.